The lowest BCUT2D eigenvalue weighted by molar-refractivity contribution is -0.143. The summed E-state index contributed by atoms with van der Waals surface area (Å²) in [7, 11) is 0. The van der Waals surface area contributed by atoms with E-state index in [4.69, 9.17) is 16.7 Å². The quantitative estimate of drug-likeness (QED) is 0.882. The average Bonchev–Trinajstić information content (AvgIpc) is 2.19. The summed E-state index contributed by atoms with van der Waals surface area (Å²) in [5, 5.41) is 9.04. The molecule has 0 saturated heterocycles. The summed E-state index contributed by atoms with van der Waals surface area (Å²) in [4.78, 5) is 11.0. The minimum Gasteiger partial charge on any atom is -0.481 e. The van der Waals surface area contributed by atoms with Gasteiger partial charge in [0.05, 0.1) is 10.9 Å². The van der Waals surface area contributed by atoms with Crippen LogP contribution in [0.5, 0.6) is 0 Å². The van der Waals surface area contributed by atoms with Gasteiger partial charge >= 0.3 is 5.97 Å². The van der Waals surface area contributed by atoms with E-state index in [0.717, 1.165) is 0 Å². The van der Waals surface area contributed by atoms with Crippen LogP contribution in [0.2, 0.25) is 5.02 Å². The van der Waals surface area contributed by atoms with Crippen molar-refractivity contribution < 1.29 is 14.3 Å². The number of rotatable bonds is 4. The molecular formula is C12H14ClFO2. The molecule has 0 radical (unpaired) electrons. The summed E-state index contributed by atoms with van der Waals surface area (Å²) in [5.74, 6) is -2.06. The summed E-state index contributed by atoms with van der Waals surface area (Å²) in [5.41, 5.74) is 0.355. The van der Waals surface area contributed by atoms with Crippen LogP contribution in [-0.4, -0.2) is 11.1 Å². The molecular weight excluding hydrogens is 231 g/mol. The molecule has 0 aliphatic heterocycles. The van der Waals surface area contributed by atoms with Crippen LogP contribution in [0.15, 0.2) is 18.2 Å². The Balaban J connectivity index is 2.94. The molecule has 2 nitrogen and oxygen atoms in total. The first-order valence-electron chi connectivity index (χ1n) is 5.09. The van der Waals surface area contributed by atoms with E-state index >= 15 is 0 Å². The highest BCUT2D eigenvalue weighted by Gasteiger charge is 2.23. The summed E-state index contributed by atoms with van der Waals surface area (Å²) in [6.45, 7) is 3.61. The van der Waals surface area contributed by atoms with Gasteiger partial charge in [-0.1, -0.05) is 37.6 Å². The Morgan fingerprint density at radius 1 is 1.50 bits per heavy atom. The van der Waals surface area contributed by atoms with E-state index in [0.29, 0.717) is 5.56 Å². The van der Waals surface area contributed by atoms with E-state index < -0.39 is 17.7 Å². The molecule has 0 heterocycles. The molecule has 0 spiro atoms. The fourth-order valence-electron chi connectivity index (χ4n) is 1.55. The second-order valence-electron chi connectivity index (χ2n) is 4.11. The summed E-state index contributed by atoms with van der Waals surface area (Å²) < 4.78 is 13.6. The number of carboxylic acids is 1. The monoisotopic (exact) mass is 244 g/mol. The van der Waals surface area contributed by atoms with Gasteiger partial charge in [0.1, 0.15) is 5.82 Å². The lowest BCUT2D eigenvalue weighted by Gasteiger charge is -2.16. The van der Waals surface area contributed by atoms with Crippen LogP contribution in [0.3, 0.4) is 0 Å². The first-order valence-corrected chi connectivity index (χ1v) is 5.47. The lowest BCUT2D eigenvalue weighted by atomic mass is 9.89. The molecule has 0 amide bonds. The minimum atomic E-state index is -0.908. The Kier molecular flexibility index (Phi) is 4.30. The largest absolute Gasteiger partial charge is 0.481 e. The average molecular weight is 245 g/mol. The number of benzene rings is 1. The molecule has 1 atom stereocenters. The van der Waals surface area contributed by atoms with Gasteiger partial charge in [0.15, 0.2) is 0 Å². The third-order valence-corrected chi connectivity index (χ3v) is 2.89. The third-order valence-electron chi connectivity index (χ3n) is 2.59. The highest BCUT2D eigenvalue weighted by Crippen LogP contribution is 2.23. The Morgan fingerprint density at radius 3 is 2.62 bits per heavy atom. The molecule has 0 aliphatic rings. The second-order valence-corrected chi connectivity index (χ2v) is 4.51. The second kappa shape index (κ2) is 5.30. The lowest BCUT2D eigenvalue weighted by Crippen LogP contribution is -2.22. The van der Waals surface area contributed by atoms with Crippen LogP contribution >= 0.6 is 11.6 Å². The van der Waals surface area contributed by atoms with Crippen LogP contribution in [0.4, 0.5) is 4.39 Å². The molecule has 88 valence electrons. The minimum absolute atomic E-state index is 0.0328. The van der Waals surface area contributed by atoms with Crippen molar-refractivity contribution in [2.45, 2.75) is 20.3 Å². The third kappa shape index (κ3) is 2.95. The number of carboxylic acid groups (broad SMARTS) is 1. The molecule has 0 bridgehead atoms. The molecule has 0 aromatic heterocycles. The van der Waals surface area contributed by atoms with Gasteiger partial charge in [-0.3, -0.25) is 4.79 Å². The molecule has 4 heteroatoms. The molecule has 1 rings (SSSR count). The van der Waals surface area contributed by atoms with E-state index in [1.165, 1.54) is 6.07 Å². The van der Waals surface area contributed by atoms with Crippen molar-refractivity contribution in [1.29, 1.82) is 0 Å². The Labute approximate surface area is 99.0 Å². The number of aliphatic carboxylic acids is 1. The van der Waals surface area contributed by atoms with Gasteiger partial charge in [-0.25, -0.2) is 4.39 Å². The van der Waals surface area contributed by atoms with Crippen molar-refractivity contribution in [3.8, 4) is 0 Å². The van der Waals surface area contributed by atoms with Gasteiger partial charge in [0.25, 0.3) is 0 Å². The molecule has 0 fully saturated rings. The molecule has 0 aliphatic carbocycles. The first-order chi connectivity index (χ1) is 7.43. The summed E-state index contributed by atoms with van der Waals surface area (Å²) in [6, 6.07) is 4.64. The fraction of sp³-hybridized carbons (Fsp3) is 0.417. The van der Waals surface area contributed by atoms with Gasteiger partial charge in [-0.2, -0.15) is 0 Å². The maximum absolute atomic E-state index is 13.6. The highest BCUT2D eigenvalue weighted by atomic mass is 35.5. The van der Waals surface area contributed by atoms with E-state index in [-0.39, 0.29) is 17.4 Å². The van der Waals surface area contributed by atoms with E-state index in [2.05, 4.69) is 0 Å². The Morgan fingerprint density at radius 2 is 2.12 bits per heavy atom. The molecule has 0 saturated carbocycles. The molecule has 16 heavy (non-hydrogen) atoms. The summed E-state index contributed by atoms with van der Waals surface area (Å²) in [6.07, 6.45) is 0.166. The van der Waals surface area contributed by atoms with Crippen molar-refractivity contribution in [2.75, 3.05) is 0 Å². The van der Waals surface area contributed by atoms with Crippen LogP contribution in [0.1, 0.15) is 19.4 Å². The van der Waals surface area contributed by atoms with Crippen LogP contribution in [0, 0.1) is 17.7 Å². The predicted octanol–water partition coefficient (Wildman–Crippen LogP) is 3.38. The summed E-state index contributed by atoms with van der Waals surface area (Å²) >= 11 is 5.63. The van der Waals surface area contributed by atoms with Gasteiger partial charge in [0, 0.05) is 0 Å². The van der Waals surface area contributed by atoms with Gasteiger partial charge < -0.3 is 5.11 Å². The zero-order valence-electron chi connectivity index (χ0n) is 9.21. The van der Waals surface area contributed by atoms with Crippen molar-refractivity contribution in [3.05, 3.63) is 34.6 Å². The standard InChI is InChI=1S/C12H14ClFO2/c1-7(2)9(12(15)16)6-8-4-3-5-10(13)11(8)14/h3-5,7,9H,6H2,1-2H3,(H,15,16). The maximum Gasteiger partial charge on any atom is 0.307 e. The van der Waals surface area contributed by atoms with E-state index in [9.17, 15) is 9.18 Å². The molecule has 1 aromatic carbocycles. The van der Waals surface area contributed by atoms with Gasteiger partial charge in [0.2, 0.25) is 0 Å². The predicted molar refractivity (Wildman–Crippen MR) is 61.1 cm³/mol. The molecule has 1 aromatic rings. The van der Waals surface area contributed by atoms with E-state index in [1.807, 2.05) is 0 Å². The number of hydrogen-bond donors (Lipinski definition) is 1. The molecule has 1 N–H and O–H groups in total. The number of hydrogen-bond acceptors (Lipinski definition) is 1. The number of halogens is 2. The molecule has 1 unspecified atom stereocenters. The zero-order valence-corrected chi connectivity index (χ0v) is 9.96. The van der Waals surface area contributed by atoms with E-state index in [1.54, 1.807) is 26.0 Å². The topological polar surface area (TPSA) is 37.3 Å². The van der Waals surface area contributed by atoms with Crippen LogP contribution in [-0.2, 0) is 11.2 Å². The maximum atomic E-state index is 13.6. The zero-order chi connectivity index (χ0) is 12.3. The SMILES string of the molecule is CC(C)C(Cc1cccc(Cl)c1F)C(=O)O. The van der Waals surface area contributed by atoms with Crippen molar-refractivity contribution in [2.24, 2.45) is 11.8 Å². The first kappa shape index (κ1) is 13.0. The normalized spacial score (nSPS) is 12.8. The Hall–Kier alpha value is -1.09. The van der Waals surface area contributed by atoms with Crippen molar-refractivity contribution in [3.63, 3.8) is 0 Å². The fourth-order valence-corrected chi connectivity index (χ4v) is 1.75. The van der Waals surface area contributed by atoms with Gasteiger partial charge in [-0.05, 0) is 24.0 Å². The number of carbonyl (C=O) groups is 1. The van der Waals surface area contributed by atoms with Crippen molar-refractivity contribution >= 4 is 17.6 Å². The van der Waals surface area contributed by atoms with Crippen LogP contribution in [0.25, 0.3) is 0 Å². The van der Waals surface area contributed by atoms with Crippen LogP contribution < -0.4 is 0 Å². The smallest absolute Gasteiger partial charge is 0.307 e. The van der Waals surface area contributed by atoms with Crippen molar-refractivity contribution in [1.82, 2.24) is 0 Å². The Bertz CT molecular complexity index is 391. The highest BCUT2D eigenvalue weighted by molar-refractivity contribution is 6.30. The van der Waals surface area contributed by atoms with Gasteiger partial charge in [-0.15, -0.1) is 0 Å².